The normalized spacial score (nSPS) is 12.7. The van der Waals surface area contributed by atoms with Crippen molar-refractivity contribution >= 4 is 5.70 Å². The zero-order valence-corrected chi connectivity index (χ0v) is 11.9. The van der Waals surface area contributed by atoms with Crippen molar-refractivity contribution in [3.05, 3.63) is 78.9 Å². The predicted octanol–water partition coefficient (Wildman–Crippen LogP) is 4.63. The third-order valence-corrected chi connectivity index (χ3v) is 2.87. The second kappa shape index (κ2) is 8.15. The van der Waals surface area contributed by atoms with E-state index in [1.54, 1.807) is 6.08 Å². The molecule has 0 fully saturated rings. The van der Waals surface area contributed by atoms with Gasteiger partial charge in [-0.05, 0) is 31.4 Å². The van der Waals surface area contributed by atoms with E-state index in [2.05, 4.69) is 50.5 Å². The molecule has 0 spiro atoms. The molecule has 1 aromatic carbocycles. The summed E-state index contributed by atoms with van der Waals surface area (Å²) in [7, 11) is 0. The van der Waals surface area contributed by atoms with Gasteiger partial charge in [-0.3, -0.25) is 0 Å². The van der Waals surface area contributed by atoms with Gasteiger partial charge in [0.1, 0.15) is 0 Å². The van der Waals surface area contributed by atoms with Crippen LogP contribution in [0.3, 0.4) is 0 Å². The Hall–Kier alpha value is -2.02. The van der Waals surface area contributed by atoms with Crippen molar-refractivity contribution in [1.29, 1.82) is 0 Å². The number of allylic oxidation sites excluding steroid dienone is 4. The minimum atomic E-state index is 0.362. The molecule has 0 radical (unpaired) electrons. The zero-order chi connectivity index (χ0) is 14.1. The van der Waals surface area contributed by atoms with Gasteiger partial charge in [-0.25, -0.2) is 0 Å². The Morgan fingerprint density at radius 2 is 2.00 bits per heavy atom. The van der Waals surface area contributed by atoms with E-state index in [0.717, 1.165) is 12.1 Å². The number of hydrogen-bond donors (Lipinski definition) is 1. The predicted molar refractivity (Wildman–Crippen MR) is 85.9 cm³/mol. The summed E-state index contributed by atoms with van der Waals surface area (Å²) in [5, 5.41) is 3.44. The smallest absolute Gasteiger partial charge is 0.0345 e. The highest BCUT2D eigenvalue weighted by Crippen LogP contribution is 2.15. The Balaban J connectivity index is 2.49. The van der Waals surface area contributed by atoms with Crippen LogP contribution in [-0.2, 0) is 0 Å². The molecule has 100 valence electrons. The molecule has 0 bridgehead atoms. The highest BCUT2D eigenvalue weighted by Gasteiger charge is 2.04. The van der Waals surface area contributed by atoms with Crippen molar-refractivity contribution in [1.82, 2.24) is 5.32 Å². The molecule has 1 rings (SSSR count). The van der Waals surface area contributed by atoms with Crippen molar-refractivity contribution in [2.75, 3.05) is 0 Å². The van der Waals surface area contributed by atoms with Crippen LogP contribution in [0.4, 0.5) is 0 Å². The minimum Gasteiger partial charge on any atom is -0.382 e. The number of aryl methyl sites for hydroxylation is 1. The fourth-order valence-corrected chi connectivity index (χ4v) is 1.85. The second-order valence-electron chi connectivity index (χ2n) is 4.62. The van der Waals surface area contributed by atoms with Gasteiger partial charge in [0.05, 0.1) is 0 Å². The lowest BCUT2D eigenvalue weighted by atomic mass is 10.1. The molecule has 19 heavy (non-hydrogen) atoms. The fraction of sp³-hybridized carbons (Fsp3) is 0.222. The lowest BCUT2D eigenvalue weighted by molar-refractivity contribution is 0.661. The van der Waals surface area contributed by atoms with Crippen molar-refractivity contribution in [2.45, 2.75) is 26.3 Å². The third-order valence-electron chi connectivity index (χ3n) is 2.87. The van der Waals surface area contributed by atoms with Gasteiger partial charge in [-0.1, -0.05) is 67.8 Å². The maximum Gasteiger partial charge on any atom is 0.0345 e. The van der Waals surface area contributed by atoms with Gasteiger partial charge in [-0.15, -0.1) is 0 Å². The summed E-state index contributed by atoms with van der Waals surface area (Å²) in [6.45, 7) is 12.0. The molecule has 0 heterocycles. The van der Waals surface area contributed by atoms with Crippen molar-refractivity contribution in [3.8, 4) is 0 Å². The van der Waals surface area contributed by atoms with Gasteiger partial charge in [0.25, 0.3) is 0 Å². The summed E-state index contributed by atoms with van der Waals surface area (Å²) in [6, 6.07) is 8.65. The molecule has 1 atom stereocenters. The van der Waals surface area contributed by atoms with Crippen LogP contribution in [0.15, 0.2) is 67.8 Å². The SMILES string of the molecule is C=C/C=C\C=C/CC(C)NC(=C)c1ccccc1C. The zero-order valence-electron chi connectivity index (χ0n) is 11.9. The van der Waals surface area contributed by atoms with Gasteiger partial charge in [0.2, 0.25) is 0 Å². The van der Waals surface area contributed by atoms with Crippen molar-refractivity contribution in [2.24, 2.45) is 0 Å². The Morgan fingerprint density at radius 1 is 1.26 bits per heavy atom. The number of hydrogen-bond acceptors (Lipinski definition) is 1. The molecule has 0 aliphatic carbocycles. The van der Waals surface area contributed by atoms with E-state index in [1.165, 1.54) is 11.1 Å². The molecule has 1 N–H and O–H groups in total. The van der Waals surface area contributed by atoms with Crippen LogP contribution in [0.25, 0.3) is 5.70 Å². The first kappa shape index (κ1) is 15.0. The number of nitrogens with one attached hydrogen (secondary N) is 1. The summed E-state index contributed by atoms with van der Waals surface area (Å²) < 4.78 is 0. The summed E-state index contributed by atoms with van der Waals surface area (Å²) in [6.07, 6.45) is 10.8. The fourth-order valence-electron chi connectivity index (χ4n) is 1.85. The Labute approximate surface area is 117 Å². The molecule has 0 aromatic heterocycles. The topological polar surface area (TPSA) is 12.0 Å². The molecule has 1 aromatic rings. The lowest BCUT2D eigenvalue weighted by Crippen LogP contribution is -2.23. The van der Waals surface area contributed by atoms with Gasteiger partial charge >= 0.3 is 0 Å². The monoisotopic (exact) mass is 253 g/mol. The summed E-state index contributed by atoms with van der Waals surface area (Å²) in [5.74, 6) is 0. The summed E-state index contributed by atoms with van der Waals surface area (Å²) in [5.41, 5.74) is 3.42. The van der Waals surface area contributed by atoms with Crippen LogP contribution in [0.5, 0.6) is 0 Å². The van der Waals surface area contributed by atoms with Gasteiger partial charge < -0.3 is 5.32 Å². The standard InChI is InChI=1S/C18H23N/c1-5-6-7-8-9-13-16(3)19-17(4)18-14-11-10-12-15(18)2/h5-12,14,16,19H,1,4,13H2,2-3H3/b7-6-,9-8-. The molecule has 1 heteroatoms. The minimum absolute atomic E-state index is 0.362. The molecule has 0 saturated carbocycles. The van der Waals surface area contributed by atoms with Crippen LogP contribution in [0.2, 0.25) is 0 Å². The van der Waals surface area contributed by atoms with Gasteiger partial charge in [-0.2, -0.15) is 0 Å². The Morgan fingerprint density at radius 3 is 2.68 bits per heavy atom. The third kappa shape index (κ3) is 5.43. The highest BCUT2D eigenvalue weighted by atomic mass is 14.9. The maximum atomic E-state index is 4.12. The largest absolute Gasteiger partial charge is 0.382 e. The van der Waals surface area contributed by atoms with Crippen LogP contribution in [0, 0.1) is 6.92 Å². The van der Waals surface area contributed by atoms with E-state index in [0.29, 0.717) is 6.04 Å². The quantitative estimate of drug-likeness (QED) is 0.698. The molecular formula is C18H23N. The van der Waals surface area contributed by atoms with Gasteiger partial charge in [0.15, 0.2) is 0 Å². The molecule has 0 aliphatic heterocycles. The van der Waals surface area contributed by atoms with Crippen LogP contribution < -0.4 is 5.32 Å². The highest BCUT2D eigenvalue weighted by molar-refractivity contribution is 5.64. The number of benzene rings is 1. The van der Waals surface area contributed by atoms with E-state index in [-0.39, 0.29) is 0 Å². The van der Waals surface area contributed by atoms with E-state index in [1.807, 2.05) is 30.4 Å². The first-order valence-electron chi connectivity index (χ1n) is 6.61. The van der Waals surface area contributed by atoms with Crippen LogP contribution >= 0.6 is 0 Å². The average molecular weight is 253 g/mol. The number of rotatable bonds is 7. The Kier molecular flexibility index (Phi) is 6.45. The lowest BCUT2D eigenvalue weighted by Gasteiger charge is -2.17. The molecule has 1 unspecified atom stereocenters. The summed E-state index contributed by atoms with van der Waals surface area (Å²) in [4.78, 5) is 0. The van der Waals surface area contributed by atoms with Crippen LogP contribution in [0.1, 0.15) is 24.5 Å². The summed E-state index contributed by atoms with van der Waals surface area (Å²) >= 11 is 0. The van der Waals surface area contributed by atoms with Crippen LogP contribution in [-0.4, -0.2) is 6.04 Å². The maximum absolute atomic E-state index is 4.12. The van der Waals surface area contributed by atoms with E-state index < -0.39 is 0 Å². The first-order chi connectivity index (χ1) is 9.15. The van der Waals surface area contributed by atoms with Crippen molar-refractivity contribution < 1.29 is 0 Å². The van der Waals surface area contributed by atoms with Gasteiger partial charge in [0, 0.05) is 11.7 Å². The van der Waals surface area contributed by atoms with E-state index in [9.17, 15) is 0 Å². The van der Waals surface area contributed by atoms with E-state index >= 15 is 0 Å². The average Bonchev–Trinajstić information content (AvgIpc) is 2.39. The second-order valence-corrected chi connectivity index (χ2v) is 4.62. The molecule has 0 aliphatic rings. The molecule has 0 amide bonds. The first-order valence-corrected chi connectivity index (χ1v) is 6.61. The Bertz CT molecular complexity index is 480. The molecule has 0 saturated heterocycles. The van der Waals surface area contributed by atoms with Crippen molar-refractivity contribution in [3.63, 3.8) is 0 Å². The van der Waals surface area contributed by atoms with E-state index in [4.69, 9.17) is 0 Å². The molecular weight excluding hydrogens is 230 g/mol. The molecule has 1 nitrogen and oxygen atoms in total.